The summed E-state index contributed by atoms with van der Waals surface area (Å²) in [6.45, 7) is 0. The summed E-state index contributed by atoms with van der Waals surface area (Å²) >= 11 is 12.1. The molecule has 0 aliphatic rings. The highest BCUT2D eigenvalue weighted by molar-refractivity contribution is 6.35. The van der Waals surface area contributed by atoms with Crippen LogP contribution in [0.25, 0.3) is 5.52 Å². The Bertz CT molecular complexity index is 752. The van der Waals surface area contributed by atoms with Crippen molar-refractivity contribution in [1.29, 1.82) is 0 Å². The summed E-state index contributed by atoms with van der Waals surface area (Å²) in [7, 11) is 0. The summed E-state index contributed by atoms with van der Waals surface area (Å²) in [6.07, 6.45) is 4.36. The zero-order valence-electron chi connectivity index (χ0n) is 10.6. The molecule has 2 aromatic heterocycles. The molecule has 3 rings (SSSR count). The van der Waals surface area contributed by atoms with Gasteiger partial charge in [0.25, 0.3) is 0 Å². The van der Waals surface area contributed by atoms with Gasteiger partial charge in [0.05, 0.1) is 11.7 Å². The Kier molecular flexibility index (Phi) is 3.66. The molecular weight excluding hydrogens is 293 g/mol. The lowest BCUT2D eigenvalue weighted by atomic mass is 10.0. The Morgan fingerprint density at radius 1 is 1.20 bits per heavy atom. The number of nitrogens with two attached hydrogens (primary N) is 1. The quantitative estimate of drug-likeness (QED) is 0.798. The van der Waals surface area contributed by atoms with Crippen LogP contribution in [0.5, 0.6) is 0 Å². The highest BCUT2D eigenvalue weighted by Crippen LogP contribution is 2.26. The first kappa shape index (κ1) is 13.4. The number of benzene rings is 1. The van der Waals surface area contributed by atoms with Crippen LogP contribution in [0.4, 0.5) is 0 Å². The number of pyridine rings is 1. The fourth-order valence-electron chi connectivity index (χ4n) is 2.27. The van der Waals surface area contributed by atoms with Gasteiger partial charge >= 0.3 is 0 Å². The van der Waals surface area contributed by atoms with E-state index in [2.05, 4.69) is 5.10 Å². The minimum Gasteiger partial charge on any atom is -0.324 e. The van der Waals surface area contributed by atoms with E-state index in [4.69, 9.17) is 28.9 Å². The summed E-state index contributed by atoms with van der Waals surface area (Å²) < 4.78 is 1.82. The van der Waals surface area contributed by atoms with Crippen molar-refractivity contribution in [2.75, 3.05) is 0 Å². The maximum Gasteiger partial charge on any atom is 0.0709 e. The average Bonchev–Trinajstić information content (AvgIpc) is 2.86. The van der Waals surface area contributed by atoms with Crippen LogP contribution in [-0.4, -0.2) is 9.61 Å². The van der Waals surface area contributed by atoms with Crippen LogP contribution in [0.15, 0.2) is 48.8 Å². The summed E-state index contributed by atoms with van der Waals surface area (Å²) in [5.41, 5.74) is 9.31. The number of hydrogen-bond donors (Lipinski definition) is 1. The van der Waals surface area contributed by atoms with E-state index in [9.17, 15) is 0 Å². The zero-order chi connectivity index (χ0) is 14.1. The molecule has 3 nitrogen and oxygen atoms in total. The average molecular weight is 306 g/mol. The predicted molar refractivity (Wildman–Crippen MR) is 82.3 cm³/mol. The SMILES string of the molecule is NC(Cc1ccc(Cl)cc1Cl)c1cnn2ccccc12. The molecule has 0 spiro atoms. The molecule has 1 unspecified atom stereocenters. The van der Waals surface area contributed by atoms with Gasteiger partial charge in [0.2, 0.25) is 0 Å². The van der Waals surface area contributed by atoms with Gasteiger partial charge < -0.3 is 5.73 Å². The molecule has 0 aliphatic heterocycles. The van der Waals surface area contributed by atoms with Gasteiger partial charge in [0.15, 0.2) is 0 Å². The van der Waals surface area contributed by atoms with Gasteiger partial charge in [-0.25, -0.2) is 4.52 Å². The fraction of sp³-hybridized carbons (Fsp3) is 0.133. The van der Waals surface area contributed by atoms with Crippen molar-refractivity contribution in [2.24, 2.45) is 5.73 Å². The molecule has 0 bridgehead atoms. The largest absolute Gasteiger partial charge is 0.324 e. The first-order valence-electron chi connectivity index (χ1n) is 6.27. The number of hydrogen-bond acceptors (Lipinski definition) is 2. The highest BCUT2D eigenvalue weighted by Gasteiger charge is 2.14. The molecular formula is C15H13Cl2N3. The smallest absolute Gasteiger partial charge is 0.0709 e. The van der Waals surface area contributed by atoms with Crippen LogP contribution >= 0.6 is 23.2 Å². The molecule has 1 atom stereocenters. The number of rotatable bonds is 3. The summed E-state index contributed by atoms with van der Waals surface area (Å²) in [4.78, 5) is 0. The monoisotopic (exact) mass is 305 g/mol. The van der Waals surface area contributed by atoms with Crippen LogP contribution in [0.2, 0.25) is 10.0 Å². The molecule has 0 saturated carbocycles. The first-order chi connectivity index (χ1) is 9.65. The van der Waals surface area contributed by atoms with Gasteiger partial charge in [0.1, 0.15) is 0 Å². The zero-order valence-corrected chi connectivity index (χ0v) is 12.1. The number of halogens is 2. The van der Waals surface area contributed by atoms with Crippen molar-refractivity contribution in [3.63, 3.8) is 0 Å². The fourth-order valence-corrected chi connectivity index (χ4v) is 2.76. The number of fused-ring (bicyclic) bond motifs is 1. The third-order valence-electron chi connectivity index (χ3n) is 3.31. The van der Waals surface area contributed by atoms with Gasteiger partial charge in [-0.3, -0.25) is 0 Å². The molecule has 2 heterocycles. The Labute approximate surface area is 126 Å². The minimum atomic E-state index is -0.159. The van der Waals surface area contributed by atoms with Crippen LogP contribution < -0.4 is 5.73 Å². The molecule has 5 heteroatoms. The second-order valence-corrected chi connectivity index (χ2v) is 5.52. The van der Waals surface area contributed by atoms with Gasteiger partial charge in [-0.05, 0) is 36.2 Å². The van der Waals surface area contributed by atoms with Crippen molar-refractivity contribution < 1.29 is 0 Å². The minimum absolute atomic E-state index is 0.159. The van der Waals surface area contributed by atoms with Crippen LogP contribution in [0.1, 0.15) is 17.2 Å². The molecule has 0 radical (unpaired) electrons. The van der Waals surface area contributed by atoms with E-state index in [1.54, 1.807) is 6.07 Å². The third-order valence-corrected chi connectivity index (χ3v) is 3.90. The molecule has 0 aliphatic carbocycles. The lowest BCUT2D eigenvalue weighted by Crippen LogP contribution is -2.13. The predicted octanol–water partition coefficient (Wildman–Crippen LogP) is 3.88. The summed E-state index contributed by atoms with van der Waals surface area (Å²) in [6, 6.07) is 11.2. The number of aromatic nitrogens is 2. The number of nitrogens with zero attached hydrogens (tertiary/aromatic N) is 2. The van der Waals surface area contributed by atoms with E-state index in [0.717, 1.165) is 16.6 Å². The van der Waals surface area contributed by atoms with Crippen molar-refractivity contribution in [2.45, 2.75) is 12.5 Å². The van der Waals surface area contributed by atoms with Crippen molar-refractivity contribution in [3.8, 4) is 0 Å². The van der Waals surface area contributed by atoms with E-state index in [-0.39, 0.29) is 6.04 Å². The van der Waals surface area contributed by atoms with Crippen molar-refractivity contribution >= 4 is 28.7 Å². The van der Waals surface area contributed by atoms with Crippen LogP contribution in [-0.2, 0) is 6.42 Å². The van der Waals surface area contributed by atoms with E-state index < -0.39 is 0 Å². The Morgan fingerprint density at radius 3 is 2.85 bits per heavy atom. The van der Waals surface area contributed by atoms with Gasteiger partial charge in [0, 0.05) is 27.8 Å². The van der Waals surface area contributed by atoms with E-state index in [1.807, 2.05) is 47.2 Å². The van der Waals surface area contributed by atoms with Gasteiger partial charge in [-0.2, -0.15) is 5.10 Å². The van der Waals surface area contributed by atoms with Crippen LogP contribution in [0, 0.1) is 0 Å². The third kappa shape index (κ3) is 2.52. The first-order valence-corrected chi connectivity index (χ1v) is 7.02. The van der Waals surface area contributed by atoms with Gasteiger partial charge in [-0.15, -0.1) is 0 Å². The maximum absolute atomic E-state index is 6.30. The second-order valence-electron chi connectivity index (χ2n) is 4.68. The molecule has 0 saturated heterocycles. The Morgan fingerprint density at radius 2 is 2.05 bits per heavy atom. The van der Waals surface area contributed by atoms with E-state index >= 15 is 0 Å². The standard InChI is InChI=1S/C15H13Cl2N3/c16-11-5-4-10(13(17)8-11)7-14(18)12-9-19-20-6-2-1-3-15(12)20/h1-6,8-9,14H,7,18H2. The van der Waals surface area contributed by atoms with Gasteiger partial charge in [-0.1, -0.05) is 35.3 Å². The second kappa shape index (κ2) is 5.44. The summed E-state index contributed by atoms with van der Waals surface area (Å²) in [5.74, 6) is 0. The molecule has 2 N–H and O–H groups in total. The van der Waals surface area contributed by atoms with E-state index in [1.165, 1.54) is 0 Å². The lowest BCUT2D eigenvalue weighted by molar-refractivity contribution is 0.728. The molecule has 20 heavy (non-hydrogen) atoms. The van der Waals surface area contributed by atoms with Crippen molar-refractivity contribution in [1.82, 2.24) is 9.61 Å². The lowest BCUT2D eigenvalue weighted by Gasteiger charge is -2.12. The normalized spacial score (nSPS) is 12.8. The van der Waals surface area contributed by atoms with Crippen LogP contribution in [0.3, 0.4) is 0 Å². The van der Waals surface area contributed by atoms with Crippen molar-refractivity contribution in [3.05, 3.63) is 70.0 Å². The van der Waals surface area contributed by atoms with E-state index in [0.29, 0.717) is 16.5 Å². The highest BCUT2D eigenvalue weighted by atomic mass is 35.5. The Balaban J connectivity index is 1.91. The topological polar surface area (TPSA) is 43.3 Å². The molecule has 102 valence electrons. The maximum atomic E-state index is 6.30. The molecule has 1 aromatic carbocycles. The molecule has 0 amide bonds. The molecule has 3 aromatic rings. The Hall–Kier alpha value is -1.55. The molecule has 0 fully saturated rings. The summed E-state index contributed by atoms with van der Waals surface area (Å²) in [5, 5.41) is 5.57.